The first-order valence-electron chi connectivity index (χ1n) is 6.84. The van der Waals surface area contributed by atoms with Gasteiger partial charge in [0.05, 0.1) is 10.5 Å². The van der Waals surface area contributed by atoms with E-state index in [9.17, 15) is 13.2 Å². The third-order valence-electron chi connectivity index (χ3n) is 3.92. The molecule has 1 atom stereocenters. The first-order chi connectivity index (χ1) is 9.78. The van der Waals surface area contributed by atoms with Crippen LogP contribution < -0.4 is 0 Å². The number of benzene rings is 1. The van der Waals surface area contributed by atoms with Crippen molar-refractivity contribution in [3.8, 4) is 0 Å². The minimum absolute atomic E-state index is 0.00154. The molecule has 1 saturated heterocycles. The van der Waals surface area contributed by atoms with Crippen molar-refractivity contribution in [1.82, 2.24) is 4.31 Å². The summed E-state index contributed by atoms with van der Waals surface area (Å²) in [5, 5.41) is 9.12. The molecule has 1 fully saturated rings. The summed E-state index contributed by atoms with van der Waals surface area (Å²) in [6, 6.07) is 2.68. The summed E-state index contributed by atoms with van der Waals surface area (Å²) >= 11 is 3.25. The van der Waals surface area contributed by atoms with Gasteiger partial charge in [-0.25, -0.2) is 13.2 Å². The fourth-order valence-corrected chi connectivity index (χ4v) is 5.34. The summed E-state index contributed by atoms with van der Waals surface area (Å²) in [4.78, 5) is 11.2. The van der Waals surface area contributed by atoms with E-state index in [1.807, 2.05) is 6.92 Å². The maximum absolute atomic E-state index is 12.9. The first kappa shape index (κ1) is 16.5. The summed E-state index contributed by atoms with van der Waals surface area (Å²) in [6.45, 7) is 4.14. The first-order valence-corrected chi connectivity index (χ1v) is 9.07. The van der Waals surface area contributed by atoms with Crippen molar-refractivity contribution in [1.29, 1.82) is 0 Å². The van der Waals surface area contributed by atoms with Gasteiger partial charge in [0.15, 0.2) is 0 Å². The highest BCUT2D eigenvalue weighted by molar-refractivity contribution is 9.10. The Labute approximate surface area is 133 Å². The van der Waals surface area contributed by atoms with Crippen molar-refractivity contribution < 1.29 is 18.3 Å². The SMILES string of the molecule is CCC1CCCN1S(=O)(=O)c1cc(C(=O)O)cc(Br)c1C. The van der Waals surface area contributed by atoms with E-state index in [2.05, 4.69) is 15.9 Å². The summed E-state index contributed by atoms with van der Waals surface area (Å²) in [7, 11) is -3.67. The van der Waals surface area contributed by atoms with Gasteiger partial charge in [-0.3, -0.25) is 0 Å². The van der Waals surface area contributed by atoms with Crippen LogP contribution in [0.15, 0.2) is 21.5 Å². The molecular formula is C14H18BrNO4S. The predicted octanol–water partition coefficient (Wildman–Crippen LogP) is 3.02. The van der Waals surface area contributed by atoms with Crippen LogP contribution in [0.3, 0.4) is 0 Å². The third-order valence-corrected chi connectivity index (χ3v) is 6.83. The number of aromatic carboxylic acids is 1. The molecule has 0 bridgehead atoms. The lowest BCUT2D eigenvalue weighted by Crippen LogP contribution is -2.35. The van der Waals surface area contributed by atoms with Crippen LogP contribution in [0, 0.1) is 6.92 Å². The molecule has 1 aliphatic heterocycles. The van der Waals surface area contributed by atoms with E-state index >= 15 is 0 Å². The molecule has 0 radical (unpaired) electrons. The van der Waals surface area contributed by atoms with Gasteiger partial charge in [0.1, 0.15) is 0 Å². The number of halogens is 1. The average molecular weight is 376 g/mol. The molecule has 1 aromatic carbocycles. The number of nitrogens with zero attached hydrogens (tertiary/aromatic N) is 1. The Bertz CT molecular complexity index is 672. The van der Waals surface area contributed by atoms with E-state index in [0.29, 0.717) is 16.6 Å². The van der Waals surface area contributed by atoms with E-state index in [1.54, 1.807) is 6.92 Å². The Kier molecular flexibility index (Phi) is 4.75. The summed E-state index contributed by atoms with van der Waals surface area (Å²) in [6.07, 6.45) is 2.46. The molecule has 5 nitrogen and oxygen atoms in total. The van der Waals surface area contributed by atoms with Crippen molar-refractivity contribution in [2.75, 3.05) is 6.54 Å². The quantitative estimate of drug-likeness (QED) is 0.877. The molecule has 1 aromatic rings. The summed E-state index contributed by atoms with van der Waals surface area (Å²) < 4.78 is 27.7. The zero-order valence-electron chi connectivity index (χ0n) is 12.0. The number of carbonyl (C=O) groups is 1. The highest BCUT2D eigenvalue weighted by Gasteiger charge is 2.35. The van der Waals surface area contributed by atoms with Crippen molar-refractivity contribution >= 4 is 31.9 Å². The molecule has 1 heterocycles. The smallest absolute Gasteiger partial charge is 0.335 e. The van der Waals surface area contributed by atoms with E-state index in [-0.39, 0.29) is 16.5 Å². The number of hydrogen-bond acceptors (Lipinski definition) is 3. The topological polar surface area (TPSA) is 74.7 Å². The number of rotatable bonds is 4. The van der Waals surface area contributed by atoms with Gasteiger partial charge in [-0.05, 0) is 43.9 Å². The van der Waals surface area contributed by atoms with Gasteiger partial charge in [-0.15, -0.1) is 0 Å². The van der Waals surface area contributed by atoms with Gasteiger partial charge < -0.3 is 5.11 Å². The Balaban J connectivity index is 2.56. The van der Waals surface area contributed by atoms with Crippen LogP contribution >= 0.6 is 15.9 Å². The van der Waals surface area contributed by atoms with E-state index in [4.69, 9.17) is 5.11 Å². The van der Waals surface area contributed by atoms with E-state index in [1.165, 1.54) is 16.4 Å². The second-order valence-electron chi connectivity index (χ2n) is 5.21. The number of hydrogen-bond donors (Lipinski definition) is 1. The lowest BCUT2D eigenvalue weighted by molar-refractivity contribution is 0.0696. The lowest BCUT2D eigenvalue weighted by Gasteiger charge is -2.24. The predicted molar refractivity (Wildman–Crippen MR) is 83.0 cm³/mol. The largest absolute Gasteiger partial charge is 0.478 e. The minimum Gasteiger partial charge on any atom is -0.478 e. The van der Waals surface area contributed by atoms with Crippen LogP contribution in [-0.2, 0) is 10.0 Å². The summed E-state index contributed by atoms with van der Waals surface area (Å²) in [5.74, 6) is -1.14. The van der Waals surface area contributed by atoms with Crippen LogP contribution in [0.5, 0.6) is 0 Å². The van der Waals surface area contributed by atoms with Gasteiger partial charge >= 0.3 is 5.97 Å². The maximum atomic E-state index is 12.9. The number of carboxylic acids is 1. The van der Waals surface area contributed by atoms with E-state index in [0.717, 1.165) is 19.3 Å². The highest BCUT2D eigenvalue weighted by Crippen LogP contribution is 2.32. The summed E-state index contributed by atoms with van der Waals surface area (Å²) in [5.41, 5.74) is 0.514. The fraction of sp³-hybridized carbons (Fsp3) is 0.500. The Morgan fingerprint density at radius 3 is 2.71 bits per heavy atom. The highest BCUT2D eigenvalue weighted by atomic mass is 79.9. The minimum atomic E-state index is -3.67. The second kappa shape index (κ2) is 6.06. The standard InChI is InChI=1S/C14H18BrNO4S/c1-3-11-5-4-6-16(11)21(19,20)13-8-10(14(17)18)7-12(15)9(13)2/h7-8,11H,3-6H2,1-2H3,(H,17,18). The molecule has 0 saturated carbocycles. The maximum Gasteiger partial charge on any atom is 0.335 e. The fourth-order valence-electron chi connectivity index (χ4n) is 2.70. The molecule has 116 valence electrons. The van der Waals surface area contributed by atoms with Crippen molar-refractivity contribution in [2.24, 2.45) is 0 Å². The normalized spacial score (nSPS) is 19.9. The Morgan fingerprint density at radius 2 is 2.14 bits per heavy atom. The zero-order chi connectivity index (χ0) is 15.8. The van der Waals surface area contributed by atoms with Crippen LogP contribution in [-0.4, -0.2) is 36.4 Å². The average Bonchev–Trinajstić information content (AvgIpc) is 2.90. The number of carboxylic acid groups (broad SMARTS) is 1. The zero-order valence-corrected chi connectivity index (χ0v) is 14.4. The van der Waals surface area contributed by atoms with Gasteiger partial charge in [-0.2, -0.15) is 4.31 Å². The lowest BCUT2D eigenvalue weighted by atomic mass is 10.1. The molecule has 2 rings (SSSR count). The van der Waals surface area contributed by atoms with Gasteiger partial charge in [0.25, 0.3) is 0 Å². The van der Waals surface area contributed by atoms with Gasteiger partial charge in [0, 0.05) is 17.1 Å². The van der Waals surface area contributed by atoms with E-state index < -0.39 is 16.0 Å². The molecule has 1 N–H and O–H groups in total. The van der Waals surface area contributed by atoms with Crippen LogP contribution in [0.2, 0.25) is 0 Å². The Hall–Kier alpha value is -0.920. The number of sulfonamides is 1. The molecule has 0 aromatic heterocycles. The molecular weight excluding hydrogens is 358 g/mol. The van der Waals surface area contributed by atoms with Crippen LogP contribution in [0.25, 0.3) is 0 Å². The third kappa shape index (κ3) is 3.00. The van der Waals surface area contributed by atoms with Crippen LogP contribution in [0.4, 0.5) is 0 Å². The Morgan fingerprint density at radius 1 is 1.48 bits per heavy atom. The molecule has 0 spiro atoms. The second-order valence-corrected chi connectivity index (χ2v) is 7.92. The molecule has 21 heavy (non-hydrogen) atoms. The molecule has 0 aliphatic carbocycles. The van der Waals surface area contributed by atoms with Crippen LogP contribution in [0.1, 0.15) is 42.1 Å². The van der Waals surface area contributed by atoms with Crippen molar-refractivity contribution in [2.45, 2.75) is 44.0 Å². The van der Waals surface area contributed by atoms with Gasteiger partial charge in [-0.1, -0.05) is 22.9 Å². The molecule has 0 amide bonds. The van der Waals surface area contributed by atoms with Gasteiger partial charge in [0.2, 0.25) is 10.0 Å². The van der Waals surface area contributed by atoms with Crippen molar-refractivity contribution in [3.63, 3.8) is 0 Å². The molecule has 7 heteroatoms. The monoisotopic (exact) mass is 375 g/mol. The molecule has 1 unspecified atom stereocenters. The van der Waals surface area contributed by atoms with Crippen molar-refractivity contribution in [3.05, 3.63) is 27.7 Å². The molecule has 1 aliphatic rings.